The first-order chi connectivity index (χ1) is 4.04. The molecule has 4 heteroatoms. The molecule has 1 saturated heterocycles. The number of rotatable bonds is 0. The zero-order valence-corrected chi connectivity index (χ0v) is 5.16. The van der Waals surface area contributed by atoms with Gasteiger partial charge in [0.05, 0.1) is 0 Å². The Labute approximate surface area is 52.7 Å². The van der Waals surface area contributed by atoms with Crippen LogP contribution in [0.4, 0.5) is 4.79 Å². The summed E-state index contributed by atoms with van der Waals surface area (Å²) in [6.07, 6.45) is -0.509. The maximum atomic E-state index is 10.2. The minimum Gasteiger partial charge on any atom is -0.465 e. The molecule has 1 aliphatic heterocycles. The van der Waals surface area contributed by atoms with Gasteiger partial charge in [-0.2, -0.15) is 0 Å². The molecule has 1 amide bonds. The number of likely N-dealkylation sites (tertiary alicyclic amines) is 1. The van der Waals surface area contributed by atoms with Crippen LogP contribution in [0.5, 0.6) is 0 Å². The van der Waals surface area contributed by atoms with Crippen LogP contribution in [0.2, 0.25) is 0 Å². The van der Waals surface area contributed by atoms with Crippen molar-refractivity contribution in [3.63, 3.8) is 0 Å². The second-order valence-electron chi connectivity index (χ2n) is 2.40. The summed E-state index contributed by atoms with van der Waals surface area (Å²) < 4.78 is 0. The molecule has 0 aliphatic carbocycles. The van der Waals surface area contributed by atoms with E-state index in [0.717, 1.165) is 4.90 Å². The first-order valence-electron chi connectivity index (χ1n) is 2.77. The monoisotopic (exact) mass is 131 g/mol. The van der Waals surface area contributed by atoms with Gasteiger partial charge in [-0.25, -0.2) is 4.79 Å². The summed E-state index contributed by atoms with van der Waals surface area (Å²) in [6, 6.07) is 0. The number of carbonyl (C=O) groups is 1. The van der Waals surface area contributed by atoms with Gasteiger partial charge >= 0.3 is 6.09 Å². The Hall–Kier alpha value is -0.770. The highest BCUT2D eigenvalue weighted by atomic mass is 16.4. The second kappa shape index (κ2) is 1.60. The van der Waals surface area contributed by atoms with E-state index in [9.17, 15) is 4.79 Å². The highest BCUT2D eigenvalue weighted by molar-refractivity contribution is 5.66. The molecule has 1 aliphatic rings. The number of hydrogen-bond donors (Lipinski definition) is 2. The van der Waals surface area contributed by atoms with Crippen LogP contribution >= 0.6 is 0 Å². The molecule has 1 rings (SSSR count). The van der Waals surface area contributed by atoms with Crippen LogP contribution in [0.15, 0.2) is 0 Å². The lowest BCUT2D eigenvalue weighted by molar-refractivity contribution is -0.145. The van der Waals surface area contributed by atoms with Crippen molar-refractivity contribution >= 4 is 6.09 Å². The van der Waals surface area contributed by atoms with Crippen molar-refractivity contribution < 1.29 is 15.0 Å². The minimum atomic E-state index is -1.11. The first kappa shape index (κ1) is 6.35. The van der Waals surface area contributed by atoms with Gasteiger partial charge in [0.2, 0.25) is 0 Å². The van der Waals surface area contributed by atoms with Crippen LogP contribution in [0.3, 0.4) is 0 Å². The lowest BCUT2D eigenvalue weighted by Gasteiger charge is -2.44. The van der Waals surface area contributed by atoms with E-state index in [0.29, 0.717) is 13.0 Å². The zero-order chi connectivity index (χ0) is 7.07. The Bertz CT molecular complexity index is 143. The van der Waals surface area contributed by atoms with Crippen LogP contribution in [0.1, 0.15) is 13.3 Å². The van der Waals surface area contributed by atoms with Crippen molar-refractivity contribution in [3.8, 4) is 0 Å². The minimum absolute atomic E-state index is 0.447. The van der Waals surface area contributed by atoms with Crippen molar-refractivity contribution in [1.29, 1.82) is 0 Å². The van der Waals surface area contributed by atoms with E-state index in [4.69, 9.17) is 10.2 Å². The number of carboxylic acid groups (broad SMARTS) is 1. The molecule has 0 aromatic heterocycles. The van der Waals surface area contributed by atoms with E-state index >= 15 is 0 Å². The number of aliphatic hydroxyl groups is 1. The van der Waals surface area contributed by atoms with Gasteiger partial charge in [0.25, 0.3) is 0 Å². The lowest BCUT2D eigenvalue weighted by atomic mass is 10.0. The topological polar surface area (TPSA) is 60.8 Å². The average Bonchev–Trinajstić information content (AvgIpc) is 1.62. The summed E-state index contributed by atoms with van der Waals surface area (Å²) in [5.74, 6) is 0. The van der Waals surface area contributed by atoms with Gasteiger partial charge < -0.3 is 10.2 Å². The summed E-state index contributed by atoms with van der Waals surface area (Å²) in [4.78, 5) is 11.2. The van der Waals surface area contributed by atoms with Crippen LogP contribution < -0.4 is 0 Å². The molecular formula is C5H9NO3. The van der Waals surface area contributed by atoms with Crippen LogP contribution in [-0.2, 0) is 0 Å². The largest absolute Gasteiger partial charge is 0.465 e. The Kier molecular flexibility index (Phi) is 1.13. The van der Waals surface area contributed by atoms with Crippen molar-refractivity contribution in [2.45, 2.75) is 19.1 Å². The van der Waals surface area contributed by atoms with Crippen molar-refractivity contribution in [3.05, 3.63) is 0 Å². The van der Waals surface area contributed by atoms with Crippen LogP contribution in [-0.4, -0.2) is 33.5 Å². The number of nitrogens with zero attached hydrogens (tertiary/aromatic N) is 1. The predicted octanol–water partition coefficient (Wildman–Crippen LogP) is 0.0786. The first-order valence-corrected chi connectivity index (χ1v) is 2.77. The molecule has 52 valence electrons. The fourth-order valence-corrected chi connectivity index (χ4v) is 0.849. The standard InChI is InChI=1S/C5H9NO3/c1-5(9)2-3-6(5)4(7)8/h9H,2-3H2,1H3,(H,7,8). The molecule has 0 aromatic rings. The normalized spacial score (nSPS) is 33.8. The molecule has 9 heavy (non-hydrogen) atoms. The molecule has 0 bridgehead atoms. The third-order valence-corrected chi connectivity index (χ3v) is 1.62. The van der Waals surface area contributed by atoms with Gasteiger partial charge in [0.15, 0.2) is 0 Å². The third-order valence-electron chi connectivity index (χ3n) is 1.62. The predicted molar refractivity (Wildman–Crippen MR) is 30.0 cm³/mol. The van der Waals surface area contributed by atoms with Gasteiger partial charge in [-0.1, -0.05) is 0 Å². The number of hydrogen-bond acceptors (Lipinski definition) is 2. The molecule has 1 atom stereocenters. The maximum absolute atomic E-state index is 10.2. The Morgan fingerprint density at radius 2 is 2.33 bits per heavy atom. The van der Waals surface area contributed by atoms with E-state index < -0.39 is 11.8 Å². The summed E-state index contributed by atoms with van der Waals surface area (Å²) >= 11 is 0. The molecule has 0 aromatic carbocycles. The fraction of sp³-hybridized carbons (Fsp3) is 0.800. The third kappa shape index (κ3) is 0.853. The van der Waals surface area contributed by atoms with Gasteiger partial charge in [0, 0.05) is 13.0 Å². The van der Waals surface area contributed by atoms with Gasteiger partial charge in [-0.05, 0) is 6.92 Å². The SMILES string of the molecule is CC1(O)CCN1C(=O)O. The van der Waals surface area contributed by atoms with Gasteiger partial charge in [-0.15, -0.1) is 0 Å². The zero-order valence-electron chi connectivity index (χ0n) is 5.16. The molecule has 0 spiro atoms. The molecule has 1 fully saturated rings. The smallest absolute Gasteiger partial charge is 0.409 e. The highest BCUT2D eigenvalue weighted by Gasteiger charge is 2.41. The molecule has 0 radical (unpaired) electrons. The fourth-order valence-electron chi connectivity index (χ4n) is 0.849. The van der Waals surface area contributed by atoms with Gasteiger partial charge in [-0.3, -0.25) is 4.90 Å². The summed E-state index contributed by atoms with van der Waals surface area (Å²) in [6.45, 7) is 1.94. The number of amides is 1. The van der Waals surface area contributed by atoms with Crippen molar-refractivity contribution in [2.24, 2.45) is 0 Å². The van der Waals surface area contributed by atoms with Crippen LogP contribution in [0, 0.1) is 0 Å². The van der Waals surface area contributed by atoms with E-state index in [1.54, 1.807) is 0 Å². The Morgan fingerprint density at radius 1 is 1.78 bits per heavy atom. The van der Waals surface area contributed by atoms with E-state index in [1.165, 1.54) is 6.92 Å². The summed E-state index contributed by atoms with van der Waals surface area (Å²) in [5, 5.41) is 17.4. The van der Waals surface area contributed by atoms with Gasteiger partial charge in [0.1, 0.15) is 5.72 Å². The molecule has 1 unspecified atom stereocenters. The van der Waals surface area contributed by atoms with Crippen molar-refractivity contribution in [1.82, 2.24) is 4.90 Å². The quantitative estimate of drug-likeness (QED) is 0.489. The molecular weight excluding hydrogens is 122 g/mol. The van der Waals surface area contributed by atoms with Crippen molar-refractivity contribution in [2.75, 3.05) is 6.54 Å². The summed E-state index contributed by atoms with van der Waals surface area (Å²) in [5.41, 5.74) is -1.11. The van der Waals surface area contributed by atoms with E-state index in [-0.39, 0.29) is 0 Å². The van der Waals surface area contributed by atoms with Crippen LogP contribution in [0.25, 0.3) is 0 Å². The molecule has 0 saturated carbocycles. The Morgan fingerprint density at radius 3 is 2.33 bits per heavy atom. The lowest BCUT2D eigenvalue weighted by Crippen LogP contribution is -2.59. The van der Waals surface area contributed by atoms with E-state index in [1.807, 2.05) is 0 Å². The highest BCUT2D eigenvalue weighted by Crippen LogP contribution is 2.26. The molecule has 2 N–H and O–H groups in total. The maximum Gasteiger partial charge on any atom is 0.409 e. The Balaban J connectivity index is 2.55. The second-order valence-corrected chi connectivity index (χ2v) is 2.40. The molecule has 4 nitrogen and oxygen atoms in total. The van der Waals surface area contributed by atoms with E-state index in [2.05, 4.69) is 0 Å². The average molecular weight is 131 g/mol. The summed E-state index contributed by atoms with van der Waals surface area (Å²) in [7, 11) is 0. The molecule has 1 heterocycles.